The number of hydrogen-bond donors (Lipinski definition) is 3. The third kappa shape index (κ3) is 5.57. The first-order valence-corrected chi connectivity index (χ1v) is 10.5. The highest BCUT2D eigenvalue weighted by Crippen LogP contribution is 2.28. The van der Waals surface area contributed by atoms with Crippen LogP contribution in [0, 0.1) is 0 Å². The van der Waals surface area contributed by atoms with Crippen molar-refractivity contribution in [2.24, 2.45) is 0 Å². The van der Waals surface area contributed by atoms with Gasteiger partial charge in [-0.15, -0.1) is 0 Å². The summed E-state index contributed by atoms with van der Waals surface area (Å²) in [5.41, 5.74) is 0.764. The van der Waals surface area contributed by atoms with Crippen LogP contribution in [0.15, 0.2) is 24.3 Å². The van der Waals surface area contributed by atoms with Crippen LogP contribution in [0.3, 0.4) is 0 Å². The fourth-order valence-electron chi connectivity index (χ4n) is 3.05. The molecule has 0 heterocycles. The molecule has 1 aromatic rings. The van der Waals surface area contributed by atoms with Crippen molar-refractivity contribution < 1.29 is 23.1 Å². The number of carboxylic acid groups (broad SMARTS) is 1. The number of hydrogen-bond acceptors (Lipinski definition) is 5. The number of carboxylic acids is 1. The molecule has 10 heteroatoms. The van der Waals surface area contributed by atoms with Crippen LogP contribution in [0.5, 0.6) is 0 Å². The maximum Gasteiger partial charge on any atom is 0.319 e. The molecule has 150 valence electrons. The first kappa shape index (κ1) is 21.0. The highest BCUT2D eigenvalue weighted by Gasteiger charge is 2.34. The molecule has 1 aliphatic rings. The Kier molecular flexibility index (Phi) is 6.66. The van der Waals surface area contributed by atoms with Gasteiger partial charge >= 0.3 is 12.0 Å². The maximum absolute atomic E-state index is 12.3. The highest BCUT2D eigenvalue weighted by molar-refractivity contribution is 7.92. The molecule has 9 nitrogen and oxygen atoms in total. The molecule has 2 rings (SSSR count). The Morgan fingerprint density at radius 2 is 1.89 bits per heavy atom. The van der Waals surface area contributed by atoms with Gasteiger partial charge in [-0.1, -0.05) is 19.1 Å². The standard InChI is InChI=1S/C17H26N4O5S/c1-4-21(11-16(22)23)13-9-12(10-13)18-17(24)19-14-7-5-6-8-15(14)20(2)27(3,25)26/h5-8,12-13H,4,9-11H2,1-3H3,(H,22,23)(H2,18,19,24). The van der Waals surface area contributed by atoms with E-state index in [1.807, 2.05) is 11.8 Å². The van der Waals surface area contributed by atoms with Crippen LogP contribution in [0.1, 0.15) is 19.8 Å². The molecule has 1 aromatic carbocycles. The second-order valence-electron chi connectivity index (χ2n) is 6.63. The van der Waals surface area contributed by atoms with Gasteiger partial charge in [0.25, 0.3) is 0 Å². The van der Waals surface area contributed by atoms with Gasteiger partial charge in [0.1, 0.15) is 0 Å². The molecule has 0 aromatic heterocycles. The lowest BCUT2D eigenvalue weighted by Crippen LogP contribution is -2.55. The number of para-hydroxylation sites is 2. The summed E-state index contributed by atoms with van der Waals surface area (Å²) in [6, 6.07) is 6.32. The first-order chi connectivity index (χ1) is 12.6. The summed E-state index contributed by atoms with van der Waals surface area (Å²) in [7, 11) is -2.03. The lowest BCUT2D eigenvalue weighted by molar-refractivity contribution is -0.139. The van der Waals surface area contributed by atoms with Crippen LogP contribution >= 0.6 is 0 Å². The minimum Gasteiger partial charge on any atom is -0.480 e. The number of amides is 2. The van der Waals surface area contributed by atoms with E-state index in [0.717, 1.165) is 10.6 Å². The predicted molar refractivity (Wildman–Crippen MR) is 104 cm³/mol. The number of aliphatic carboxylic acids is 1. The SMILES string of the molecule is CCN(CC(=O)O)C1CC(NC(=O)Nc2ccccc2N(C)S(C)(=O)=O)C1. The second kappa shape index (κ2) is 8.57. The highest BCUT2D eigenvalue weighted by atomic mass is 32.2. The lowest BCUT2D eigenvalue weighted by atomic mass is 9.85. The summed E-state index contributed by atoms with van der Waals surface area (Å²) >= 11 is 0. The Bertz CT molecular complexity index is 792. The zero-order valence-electron chi connectivity index (χ0n) is 15.7. The first-order valence-electron chi connectivity index (χ1n) is 8.68. The van der Waals surface area contributed by atoms with Crippen molar-refractivity contribution in [2.45, 2.75) is 31.8 Å². The van der Waals surface area contributed by atoms with Gasteiger partial charge in [0, 0.05) is 19.1 Å². The Morgan fingerprint density at radius 3 is 2.44 bits per heavy atom. The molecule has 0 saturated heterocycles. The van der Waals surface area contributed by atoms with E-state index in [2.05, 4.69) is 10.6 Å². The largest absolute Gasteiger partial charge is 0.480 e. The lowest BCUT2D eigenvalue weighted by Gasteiger charge is -2.42. The van der Waals surface area contributed by atoms with Gasteiger partial charge in [0.05, 0.1) is 24.2 Å². The zero-order valence-corrected chi connectivity index (χ0v) is 16.5. The normalized spacial score (nSPS) is 19.3. The van der Waals surface area contributed by atoms with E-state index in [1.54, 1.807) is 24.3 Å². The maximum atomic E-state index is 12.3. The van der Waals surface area contributed by atoms with Gasteiger partial charge in [-0.05, 0) is 31.5 Å². The summed E-state index contributed by atoms with van der Waals surface area (Å²) in [5, 5.41) is 14.4. The van der Waals surface area contributed by atoms with Crippen molar-refractivity contribution in [1.82, 2.24) is 10.2 Å². The average molecular weight is 398 g/mol. The minimum atomic E-state index is -3.45. The number of carbonyl (C=O) groups excluding carboxylic acids is 1. The van der Waals surface area contributed by atoms with Crippen LogP contribution < -0.4 is 14.9 Å². The van der Waals surface area contributed by atoms with Crippen molar-refractivity contribution in [3.05, 3.63) is 24.3 Å². The van der Waals surface area contributed by atoms with Crippen LogP contribution in [-0.4, -0.2) is 68.9 Å². The number of anilines is 2. The molecule has 0 radical (unpaired) electrons. The van der Waals surface area contributed by atoms with Crippen molar-refractivity contribution in [3.8, 4) is 0 Å². The fraction of sp³-hybridized carbons (Fsp3) is 0.529. The molecule has 3 N–H and O–H groups in total. The van der Waals surface area contributed by atoms with Crippen LogP contribution in [0.25, 0.3) is 0 Å². The van der Waals surface area contributed by atoms with Gasteiger partial charge in [0.2, 0.25) is 10.0 Å². The number of nitrogens with one attached hydrogen (secondary N) is 2. The van der Waals surface area contributed by atoms with Gasteiger partial charge in [-0.25, -0.2) is 13.2 Å². The van der Waals surface area contributed by atoms with Gasteiger partial charge in [-0.3, -0.25) is 14.0 Å². The second-order valence-corrected chi connectivity index (χ2v) is 8.64. The third-order valence-corrected chi connectivity index (χ3v) is 5.89. The smallest absolute Gasteiger partial charge is 0.319 e. The van der Waals surface area contributed by atoms with Gasteiger partial charge < -0.3 is 15.7 Å². The molecule has 2 amide bonds. The van der Waals surface area contributed by atoms with E-state index in [-0.39, 0.29) is 18.6 Å². The number of likely N-dealkylation sites (N-methyl/N-ethyl adjacent to an activating group) is 1. The zero-order chi connectivity index (χ0) is 20.2. The van der Waals surface area contributed by atoms with Crippen LogP contribution in [-0.2, 0) is 14.8 Å². The summed E-state index contributed by atoms with van der Waals surface area (Å²) < 4.78 is 24.6. The molecule has 1 saturated carbocycles. The Balaban J connectivity index is 1.92. The Labute approximate surface area is 159 Å². The number of urea groups is 1. The van der Waals surface area contributed by atoms with E-state index in [1.165, 1.54) is 7.05 Å². The predicted octanol–water partition coefficient (Wildman–Crippen LogP) is 1.14. The average Bonchev–Trinajstić information content (AvgIpc) is 2.54. The van der Waals surface area contributed by atoms with Gasteiger partial charge in [0.15, 0.2) is 0 Å². The molecule has 0 aliphatic heterocycles. The fourth-order valence-corrected chi connectivity index (χ4v) is 3.57. The minimum absolute atomic E-state index is 0.00865. The number of nitrogens with zero attached hydrogens (tertiary/aromatic N) is 2. The molecule has 1 fully saturated rings. The van der Waals surface area contributed by atoms with E-state index in [0.29, 0.717) is 30.8 Å². The van der Waals surface area contributed by atoms with Crippen molar-refractivity contribution in [3.63, 3.8) is 0 Å². The van der Waals surface area contributed by atoms with E-state index in [4.69, 9.17) is 5.11 Å². The molecule has 0 bridgehead atoms. The topological polar surface area (TPSA) is 119 Å². The molecule has 0 spiro atoms. The molecule has 0 atom stereocenters. The number of benzene rings is 1. The summed E-state index contributed by atoms with van der Waals surface area (Å²) in [6.45, 7) is 2.54. The van der Waals surface area contributed by atoms with E-state index >= 15 is 0 Å². The van der Waals surface area contributed by atoms with Crippen LogP contribution in [0.2, 0.25) is 0 Å². The molecule has 27 heavy (non-hydrogen) atoms. The number of sulfonamides is 1. The number of carbonyl (C=O) groups is 2. The molecule has 0 unspecified atom stereocenters. The quantitative estimate of drug-likeness (QED) is 0.604. The summed E-state index contributed by atoms with van der Waals surface area (Å²) in [4.78, 5) is 25.0. The molecule has 1 aliphatic carbocycles. The molecular formula is C17H26N4O5S. The summed E-state index contributed by atoms with van der Waals surface area (Å²) in [5.74, 6) is -0.863. The third-order valence-electron chi connectivity index (χ3n) is 4.70. The van der Waals surface area contributed by atoms with Crippen molar-refractivity contribution in [2.75, 3.05) is 36.0 Å². The summed E-state index contributed by atoms with van der Waals surface area (Å²) in [6.07, 6.45) is 2.45. The van der Waals surface area contributed by atoms with E-state index < -0.39 is 22.0 Å². The van der Waals surface area contributed by atoms with Crippen molar-refractivity contribution >= 4 is 33.4 Å². The number of rotatable bonds is 8. The van der Waals surface area contributed by atoms with Crippen molar-refractivity contribution in [1.29, 1.82) is 0 Å². The Hall–Kier alpha value is -2.33. The van der Waals surface area contributed by atoms with Gasteiger partial charge in [-0.2, -0.15) is 0 Å². The Morgan fingerprint density at radius 1 is 1.26 bits per heavy atom. The van der Waals surface area contributed by atoms with E-state index in [9.17, 15) is 18.0 Å². The monoisotopic (exact) mass is 398 g/mol. The molecular weight excluding hydrogens is 372 g/mol. The van der Waals surface area contributed by atoms with Crippen LogP contribution in [0.4, 0.5) is 16.2 Å².